The molecule has 0 aromatic heterocycles. The van der Waals surface area contributed by atoms with E-state index in [1.54, 1.807) is 18.2 Å². The Morgan fingerprint density at radius 3 is 2.23 bits per heavy atom. The minimum atomic E-state index is -1.11. The summed E-state index contributed by atoms with van der Waals surface area (Å²) in [4.78, 5) is 24.4. The van der Waals surface area contributed by atoms with Gasteiger partial charge in [0.1, 0.15) is 17.3 Å². The number of rotatable bonds is 6. The third-order valence-electron chi connectivity index (χ3n) is 3.42. The SMILES string of the molecule is COc1cc(NC(=O)C(C)OC(=O)c2ccc(F)cc2Cl)cc(OC)c1. The van der Waals surface area contributed by atoms with Gasteiger partial charge in [0, 0.05) is 23.9 Å². The second-order valence-electron chi connectivity index (χ2n) is 5.26. The normalized spacial score (nSPS) is 11.4. The van der Waals surface area contributed by atoms with Crippen LogP contribution in [0.1, 0.15) is 17.3 Å². The quantitative estimate of drug-likeness (QED) is 0.773. The molecule has 0 fully saturated rings. The fraction of sp³-hybridized carbons (Fsp3) is 0.222. The molecule has 0 bridgehead atoms. The lowest BCUT2D eigenvalue weighted by molar-refractivity contribution is -0.123. The zero-order chi connectivity index (χ0) is 19.3. The lowest BCUT2D eigenvalue weighted by atomic mass is 10.2. The number of anilines is 1. The lowest BCUT2D eigenvalue weighted by Crippen LogP contribution is -2.30. The highest BCUT2D eigenvalue weighted by Gasteiger charge is 2.21. The van der Waals surface area contributed by atoms with Gasteiger partial charge >= 0.3 is 5.97 Å². The van der Waals surface area contributed by atoms with Crippen molar-refractivity contribution in [2.75, 3.05) is 19.5 Å². The molecule has 2 aromatic carbocycles. The van der Waals surface area contributed by atoms with Crippen molar-refractivity contribution in [1.82, 2.24) is 0 Å². The van der Waals surface area contributed by atoms with Crippen molar-refractivity contribution in [3.63, 3.8) is 0 Å². The number of hydrogen-bond acceptors (Lipinski definition) is 5. The third-order valence-corrected chi connectivity index (χ3v) is 3.74. The van der Waals surface area contributed by atoms with Crippen molar-refractivity contribution in [2.45, 2.75) is 13.0 Å². The predicted octanol–water partition coefficient (Wildman–Crippen LogP) is 3.68. The minimum absolute atomic E-state index is 0.0317. The molecular formula is C18H17ClFNO5. The number of methoxy groups -OCH3 is 2. The van der Waals surface area contributed by atoms with Gasteiger partial charge in [-0.3, -0.25) is 4.79 Å². The van der Waals surface area contributed by atoms with Gasteiger partial charge in [-0.2, -0.15) is 0 Å². The number of esters is 1. The number of nitrogens with one attached hydrogen (secondary N) is 1. The lowest BCUT2D eigenvalue weighted by Gasteiger charge is -2.15. The van der Waals surface area contributed by atoms with Crippen LogP contribution >= 0.6 is 11.6 Å². The average Bonchev–Trinajstić information content (AvgIpc) is 2.60. The Kier molecular flexibility index (Phi) is 6.41. The Morgan fingerprint density at radius 1 is 1.08 bits per heavy atom. The van der Waals surface area contributed by atoms with Gasteiger partial charge in [0.05, 0.1) is 24.8 Å². The highest BCUT2D eigenvalue weighted by molar-refractivity contribution is 6.33. The van der Waals surface area contributed by atoms with Gasteiger partial charge in [-0.25, -0.2) is 9.18 Å². The molecule has 26 heavy (non-hydrogen) atoms. The van der Waals surface area contributed by atoms with Crippen LogP contribution in [0.15, 0.2) is 36.4 Å². The second-order valence-corrected chi connectivity index (χ2v) is 5.67. The van der Waals surface area contributed by atoms with Crippen LogP contribution in [0.5, 0.6) is 11.5 Å². The fourth-order valence-corrected chi connectivity index (χ4v) is 2.30. The van der Waals surface area contributed by atoms with Crippen molar-refractivity contribution < 1.29 is 28.2 Å². The molecule has 1 N–H and O–H groups in total. The van der Waals surface area contributed by atoms with E-state index in [1.807, 2.05) is 0 Å². The van der Waals surface area contributed by atoms with Gasteiger partial charge in [-0.1, -0.05) is 11.6 Å². The standard InChI is InChI=1S/C18H17ClFNO5/c1-10(26-18(23)15-5-4-11(20)6-16(15)19)17(22)21-12-7-13(24-2)9-14(8-12)25-3/h4-10H,1-3H3,(H,21,22). The van der Waals surface area contributed by atoms with E-state index in [0.717, 1.165) is 12.1 Å². The van der Waals surface area contributed by atoms with E-state index in [1.165, 1.54) is 27.2 Å². The smallest absolute Gasteiger partial charge is 0.340 e. The Hall–Kier alpha value is -2.80. The molecule has 6 nitrogen and oxygen atoms in total. The van der Waals surface area contributed by atoms with E-state index in [4.69, 9.17) is 25.8 Å². The summed E-state index contributed by atoms with van der Waals surface area (Å²) in [7, 11) is 2.97. The summed E-state index contributed by atoms with van der Waals surface area (Å²) in [6.45, 7) is 1.40. The molecule has 0 aliphatic rings. The number of amides is 1. The Labute approximate surface area is 154 Å². The van der Waals surface area contributed by atoms with Crippen molar-refractivity contribution in [3.8, 4) is 11.5 Å². The number of halogens is 2. The number of benzene rings is 2. The highest BCUT2D eigenvalue weighted by Crippen LogP contribution is 2.26. The van der Waals surface area contributed by atoms with Gasteiger partial charge in [0.15, 0.2) is 6.10 Å². The average molecular weight is 382 g/mol. The maximum Gasteiger partial charge on any atom is 0.340 e. The van der Waals surface area contributed by atoms with Crippen LogP contribution in [0.3, 0.4) is 0 Å². The van der Waals surface area contributed by atoms with Gasteiger partial charge < -0.3 is 19.5 Å². The molecule has 0 saturated carbocycles. The maximum atomic E-state index is 13.0. The van der Waals surface area contributed by atoms with E-state index in [2.05, 4.69) is 5.32 Å². The monoisotopic (exact) mass is 381 g/mol. The Bertz CT molecular complexity index is 805. The Balaban J connectivity index is 2.06. The van der Waals surface area contributed by atoms with E-state index < -0.39 is 23.8 Å². The van der Waals surface area contributed by atoms with Gasteiger partial charge in [0.25, 0.3) is 5.91 Å². The first-order valence-electron chi connectivity index (χ1n) is 7.54. The number of ether oxygens (including phenoxy) is 3. The molecule has 0 spiro atoms. The molecule has 1 unspecified atom stereocenters. The zero-order valence-corrected chi connectivity index (χ0v) is 15.1. The van der Waals surface area contributed by atoms with E-state index in [0.29, 0.717) is 17.2 Å². The summed E-state index contributed by atoms with van der Waals surface area (Å²) >= 11 is 5.81. The molecule has 0 heterocycles. The predicted molar refractivity (Wildman–Crippen MR) is 94.5 cm³/mol. The summed E-state index contributed by atoms with van der Waals surface area (Å²) in [6, 6.07) is 8.09. The molecule has 0 radical (unpaired) electrons. The molecular weight excluding hydrogens is 365 g/mol. The van der Waals surface area contributed by atoms with E-state index in [9.17, 15) is 14.0 Å². The minimum Gasteiger partial charge on any atom is -0.497 e. The van der Waals surface area contributed by atoms with Crippen LogP contribution in [0.2, 0.25) is 5.02 Å². The molecule has 138 valence electrons. The first kappa shape index (κ1) is 19.5. The van der Waals surface area contributed by atoms with Gasteiger partial charge in [-0.15, -0.1) is 0 Å². The van der Waals surface area contributed by atoms with Gasteiger partial charge in [0.2, 0.25) is 0 Å². The van der Waals surface area contributed by atoms with Crippen molar-refractivity contribution >= 4 is 29.2 Å². The van der Waals surface area contributed by atoms with Crippen LogP contribution in [-0.4, -0.2) is 32.2 Å². The third kappa shape index (κ3) is 4.86. The summed E-state index contributed by atoms with van der Waals surface area (Å²) < 4.78 is 28.4. The van der Waals surface area contributed by atoms with Crippen LogP contribution in [0.4, 0.5) is 10.1 Å². The van der Waals surface area contributed by atoms with Crippen molar-refractivity contribution in [2.24, 2.45) is 0 Å². The number of carbonyl (C=O) groups is 2. The summed E-state index contributed by atoms with van der Waals surface area (Å²) in [5.41, 5.74) is 0.379. The molecule has 1 amide bonds. The molecule has 0 saturated heterocycles. The molecule has 8 heteroatoms. The van der Waals surface area contributed by atoms with Crippen molar-refractivity contribution in [3.05, 3.63) is 52.8 Å². The molecule has 1 atom stereocenters. The molecule has 2 aromatic rings. The summed E-state index contributed by atoms with van der Waals surface area (Å²) in [5.74, 6) is -0.998. The largest absolute Gasteiger partial charge is 0.497 e. The van der Waals surface area contributed by atoms with Crippen LogP contribution in [-0.2, 0) is 9.53 Å². The van der Waals surface area contributed by atoms with Crippen LogP contribution in [0, 0.1) is 5.82 Å². The molecule has 2 rings (SSSR count). The van der Waals surface area contributed by atoms with Gasteiger partial charge in [-0.05, 0) is 25.1 Å². The van der Waals surface area contributed by atoms with E-state index in [-0.39, 0.29) is 10.6 Å². The summed E-state index contributed by atoms with van der Waals surface area (Å²) in [6.07, 6.45) is -1.11. The number of carbonyl (C=O) groups excluding carboxylic acids is 2. The zero-order valence-electron chi connectivity index (χ0n) is 14.3. The first-order chi connectivity index (χ1) is 12.3. The molecule has 0 aliphatic carbocycles. The topological polar surface area (TPSA) is 73.9 Å². The first-order valence-corrected chi connectivity index (χ1v) is 7.91. The fourth-order valence-electron chi connectivity index (χ4n) is 2.06. The molecule has 0 aliphatic heterocycles. The highest BCUT2D eigenvalue weighted by atomic mass is 35.5. The van der Waals surface area contributed by atoms with Crippen molar-refractivity contribution in [1.29, 1.82) is 0 Å². The summed E-state index contributed by atoms with van der Waals surface area (Å²) in [5, 5.41) is 2.51. The number of hydrogen-bond donors (Lipinski definition) is 1. The van der Waals surface area contributed by atoms with E-state index >= 15 is 0 Å². The second kappa shape index (κ2) is 8.53. The van der Waals surface area contributed by atoms with Crippen LogP contribution in [0.25, 0.3) is 0 Å². The maximum absolute atomic E-state index is 13.0. The van der Waals surface area contributed by atoms with Crippen LogP contribution < -0.4 is 14.8 Å². The Morgan fingerprint density at radius 2 is 1.69 bits per heavy atom.